The molecule has 1 atom stereocenters. The molecule has 1 amide bonds. The SMILES string of the molecule is Cc1ccc(C(O)=C2C(=O)C(=O)N(c3nncs3)[C@H]2c2cccc([N+](=O)[O-])c2)cc1. The normalized spacial score (nSPS) is 18.0. The Balaban J connectivity index is 1.95. The Hall–Kier alpha value is -3.92. The molecule has 2 heterocycles. The number of nitro benzene ring substituents is 1. The summed E-state index contributed by atoms with van der Waals surface area (Å²) in [6.45, 7) is 1.88. The Bertz CT molecular complexity index is 1190. The number of aliphatic hydroxyl groups excluding tert-OH is 1. The van der Waals surface area contributed by atoms with E-state index < -0.39 is 22.7 Å². The molecule has 4 rings (SSSR count). The quantitative estimate of drug-likeness (QED) is 0.224. The molecule has 1 N–H and O–H groups in total. The van der Waals surface area contributed by atoms with Crippen LogP contribution in [0, 0.1) is 17.0 Å². The summed E-state index contributed by atoms with van der Waals surface area (Å²) in [5, 5.41) is 29.9. The summed E-state index contributed by atoms with van der Waals surface area (Å²) in [4.78, 5) is 37.5. The molecule has 0 saturated carbocycles. The zero-order valence-corrected chi connectivity index (χ0v) is 16.4. The third-order valence-electron chi connectivity index (χ3n) is 4.72. The van der Waals surface area contributed by atoms with E-state index in [1.165, 1.54) is 23.7 Å². The van der Waals surface area contributed by atoms with Crippen molar-refractivity contribution in [1.82, 2.24) is 10.2 Å². The third kappa shape index (κ3) is 3.22. The van der Waals surface area contributed by atoms with E-state index in [0.29, 0.717) is 11.1 Å². The van der Waals surface area contributed by atoms with Gasteiger partial charge in [0.1, 0.15) is 11.3 Å². The van der Waals surface area contributed by atoms with Gasteiger partial charge in [0.15, 0.2) is 0 Å². The number of hydrogen-bond acceptors (Lipinski definition) is 8. The lowest BCUT2D eigenvalue weighted by molar-refractivity contribution is -0.384. The first-order valence-corrected chi connectivity index (χ1v) is 9.65. The Labute approximate surface area is 174 Å². The molecular formula is C20H14N4O5S. The van der Waals surface area contributed by atoms with Crippen molar-refractivity contribution in [2.45, 2.75) is 13.0 Å². The van der Waals surface area contributed by atoms with Crippen LogP contribution in [0.25, 0.3) is 5.76 Å². The van der Waals surface area contributed by atoms with E-state index in [-0.39, 0.29) is 22.2 Å². The fraction of sp³-hybridized carbons (Fsp3) is 0.100. The number of Topliss-reactive ketones (excluding diaryl/α,β-unsaturated/α-hetero) is 1. The highest BCUT2D eigenvalue weighted by atomic mass is 32.1. The molecule has 30 heavy (non-hydrogen) atoms. The summed E-state index contributed by atoms with van der Waals surface area (Å²) in [6.07, 6.45) is 0. The summed E-state index contributed by atoms with van der Waals surface area (Å²) < 4.78 is 0. The largest absolute Gasteiger partial charge is 0.507 e. The Morgan fingerprint density at radius 1 is 1.20 bits per heavy atom. The van der Waals surface area contributed by atoms with Gasteiger partial charge in [-0.1, -0.05) is 53.3 Å². The number of ketones is 1. The Morgan fingerprint density at radius 2 is 1.93 bits per heavy atom. The molecule has 9 nitrogen and oxygen atoms in total. The van der Waals surface area contributed by atoms with Crippen molar-refractivity contribution in [3.05, 3.63) is 86.4 Å². The molecule has 1 aliphatic heterocycles. The first-order valence-electron chi connectivity index (χ1n) is 8.77. The van der Waals surface area contributed by atoms with Crippen LogP contribution >= 0.6 is 11.3 Å². The van der Waals surface area contributed by atoms with Crippen molar-refractivity contribution >= 4 is 39.6 Å². The van der Waals surface area contributed by atoms with Crippen molar-refractivity contribution in [2.75, 3.05) is 4.90 Å². The van der Waals surface area contributed by atoms with Crippen LogP contribution in [0.15, 0.2) is 59.6 Å². The smallest absolute Gasteiger partial charge is 0.301 e. The number of non-ortho nitro benzene ring substituents is 1. The molecule has 0 bridgehead atoms. The van der Waals surface area contributed by atoms with Gasteiger partial charge in [0, 0.05) is 17.7 Å². The lowest BCUT2D eigenvalue weighted by atomic mass is 9.95. The van der Waals surface area contributed by atoms with Gasteiger partial charge in [0.25, 0.3) is 11.5 Å². The summed E-state index contributed by atoms with van der Waals surface area (Å²) >= 11 is 1.04. The molecule has 2 aromatic carbocycles. The molecule has 10 heteroatoms. The number of benzene rings is 2. The van der Waals surface area contributed by atoms with Crippen LogP contribution in [-0.2, 0) is 9.59 Å². The zero-order chi connectivity index (χ0) is 21.4. The van der Waals surface area contributed by atoms with Gasteiger partial charge in [0.2, 0.25) is 5.13 Å². The van der Waals surface area contributed by atoms with Gasteiger partial charge >= 0.3 is 5.91 Å². The molecule has 0 spiro atoms. The lowest BCUT2D eigenvalue weighted by Gasteiger charge is -2.22. The van der Waals surface area contributed by atoms with E-state index >= 15 is 0 Å². The minimum absolute atomic E-state index is 0.150. The molecule has 0 aliphatic carbocycles. The number of aliphatic hydroxyl groups is 1. The highest BCUT2D eigenvalue weighted by molar-refractivity contribution is 7.13. The predicted molar refractivity (Wildman–Crippen MR) is 109 cm³/mol. The van der Waals surface area contributed by atoms with E-state index in [4.69, 9.17) is 0 Å². The van der Waals surface area contributed by atoms with Crippen LogP contribution in [0.5, 0.6) is 0 Å². The molecule has 3 aromatic rings. The number of aryl methyl sites for hydroxylation is 1. The highest BCUT2D eigenvalue weighted by Crippen LogP contribution is 2.43. The van der Waals surface area contributed by atoms with Crippen LogP contribution in [0.4, 0.5) is 10.8 Å². The van der Waals surface area contributed by atoms with Crippen molar-refractivity contribution < 1.29 is 19.6 Å². The molecule has 1 fully saturated rings. The minimum atomic E-state index is -1.08. The van der Waals surface area contributed by atoms with Crippen LogP contribution in [-0.4, -0.2) is 31.9 Å². The van der Waals surface area contributed by atoms with Gasteiger partial charge in [-0.2, -0.15) is 0 Å². The second-order valence-electron chi connectivity index (χ2n) is 6.61. The van der Waals surface area contributed by atoms with Crippen molar-refractivity contribution in [2.24, 2.45) is 0 Å². The van der Waals surface area contributed by atoms with Gasteiger partial charge in [0.05, 0.1) is 16.5 Å². The van der Waals surface area contributed by atoms with Gasteiger partial charge in [-0.15, -0.1) is 10.2 Å². The predicted octanol–water partition coefficient (Wildman–Crippen LogP) is 3.38. The fourth-order valence-corrected chi connectivity index (χ4v) is 3.88. The van der Waals surface area contributed by atoms with E-state index in [2.05, 4.69) is 10.2 Å². The summed E-state index contributed by atoms with van der Waals surface area (Å²) in [5.41, 5.74) is 2.64. The van der Waals surface area contributed by atoms with Gasteiger partial charge < -0.3 is 5.11 Å². The average molecular weight is 422 g/mol. The molecule has 1 aliphatic rings. The first kappa shape index (κ1) is 19.4. The van der Waals surface area contributed by atoms with Gasteiger partial charge in [-0.05, 0) is 12.5 Å². The van der Waals surface area contributed by atoms with Crippen molar-refractivity contribution in [3.8, 4) is 0 Å². The van der Waals surface area contributed by atoms with Gasteiger partial charge in [-0.25, -0.2) is 0 Å². The number of anilines is 1. The van der Waals surface area contributed by atoms with E-state index in [1.807, 2.05) is 6.92 Å². The monoisotopic (exact) mass is 422 g/mol. The third-order valence-corrected chi connectivity index (χ3v) is 5.41. The second-order valence-corrected chi connectivity index (χ2v) is 7.42. The van der Waals surface area contributed by atoms with Crippen molar-refractivity contribution in [1.29, 1.82) is 0 Å². The highest BCUT2D eigenvalue weighted by Gasteiger charge is 2.48. The Morgan fingerprint density at radius 3 is 2.57 bits per heavy atom. The summed E-state index contributed by atoms with van der Waals surface area (Å²) in [7, 11) is 0. The first-order chi connectivity index (χ1) is 14.4. The maximum absolute atomic E-state index is 12.9. The topological polar surface area (TPSA) is 127 Å². The van der Waals surface area contributed by atoms with Crippen LogP contribution in [0.2, 0.25) is 0 Å². The second kappa shape index (κ2) is 7.48. The molecule has 1 aromatic heterocycles. The zero-order valence-electron chi connectivity index (χ0n) is 15.6. The molecule has 0 unspecified atom stereocenters. The Kier molecular flexibility index (Phi) is 4.84. The number of amides is 1. The average Bonchev–Trinajstić information content (AvgIpc) is 3.35. The maximum atomic E-state index is 12.9. The molecule has 150 valence electrons. The molecule has 0 radical (unpaired) electrons. The van der Waals surface area contributed by atoms with E-state index in [0.717, 1.165) is 21.8 Å². The molecular weight excluding hydrogens is 408 g/mol. The van der Waals surface area contributed by atoms with Gasteiger partial charge in [-0.3, -0.25) is 24.6 Å². The number of carbonyl (C=O) groups excluding carboxylic acids is 2. The standard InChI is InChI=1S/C20H14N4O5S/c1-11-5-7-12(8-6-11)17(25)15-16(13-3-2-4-14(9-13)24(28)29)23(19(27)18(15)26)20-22-21-10-30-20/h2-10,16,25H,1H3/t16-/m0/s1. The number of carbonyl (C=O) groups is 2. The summed E-state index contributed by atoms with van der Waals surface area (Å²) in [5.74, 6) is -2.16. The van der Waals surface area contributed by atoms with E-state index in [1.54, 1.807) is 30.3 Å². The van der Waals surface area contributed by atoms with Crippen LogP contribution in [0.3, 0.4) is 0 Å². The minimum Gasteiger partial charge on any atom is -0.507 e. The van der Waals surface area contributed by atoms with Crippen molar-refractivity contribution in [3.63, 3.8) is 0 Å². The number of hydrogen-bond donors (Lipinski definition) is 1. The maximum Gasteiger partial charge on any atom is 0.301 e. The number of aromatic nitrogens is 2. The van der Waals surface area contributed by atoms with Crippen LogP contribution < -0.4 is 4.90 Å². The summed E-state index contributed by atoms with van der Waals surface area (Å²) in [6, 6.07) is 11.3. The molecule has 1 saturated heterocycles. The number of nitro groups is 1. The number of rotatable bonds is 4. The fourth-order valence-electron chi connectivity index (χ4n) is 3.29. The van der Waals surface area contributed by atoms with E-state index in [9.17, 15) is 24.8 Å². The van der Waals surface area contributed by atoms with Crippen LogP contribution in [0.1, 0.15) is 22.7 Å². The lowest BCUT2D eigenvalue weighted by Crippen LogP contribution is -2.29. The number of nitrogens with zero attached hydrogens (tertiary/aromatic N) is 4.